The SMILES string of the molecule is CC[C@@H](C)NC(=O)[C@@H](C)N(Cc1ccc(C)cc1)C(=O)CN(c1ccc(C)cc1)S(=O)(=O)c1ccc(SC)cc1. The second kappa shape index (κ2) is 13.9. The first kappa shape index (κ1) is 31.2. The van der Waals surface area contributed by atoms with Crippen LogP contribution in [0.15, 0.2) is 82.6 Å². The Labute approximate surface area is 243 Å². The van der Waals surface area contributed by atoms with Gasteiger partial charge in [0.25, 0.3) is 10.0 Å². The van der Waals surface area contributed by atoms with Gasteiger partial charge in [0.2, 0.25) is 11.8 Å². The molecule has 0 aromatic heterocycles. The summed E-state index contributed by atoms with van der Waals surface area (Å²) >= 11 is 1.52. The van der Waals surface area contributed by atoms with E-state index in [-0.39, 0.29) is 23.4 Å². The van der Waals surface area contributed by atoms with Crippen molar-refractivity contribution in [3.05, 3.63) is 89.5 Å². The standard InChI is InChI=1S/C31H39N3O4S2/c1-7-24(4)32-31(36)25(5)33(20-26-12-8-22(2)9-13-26)30(35)21-34(27-14-10-23(3)11-15-27)40(37,38)29-18-16-28(39-6)17-19-29/h8-19,24-25H,7,20-21H2,1-6H3,(H,32,36)/t24-,25-/m1/s1. The van der Waals surface area contributed by atoms with Crippen LogP contribution in [-0.4, -0.2) is 50.0 Å². The largest absolute Gasteiger partial charge is 0.352 e. The number of thioether (sulfide) groups is 1. The summed E-state index contributed by atoms with van der Waals surface area (Å²) in [4.78, 5) is 29.6. The van der Waals surface area contributed by atoms with Gasteiger partial charge >= 0.3 is 0 Å². The lowest BCUT2D eigenvalue weighted by Gasteiger charge is -2.32. The number of hydrogen-bond acceptors (Lipinski definition) is 5. The summed E-state index contributed by atoms with van der Waals surface area (Å²) in [7, 11) is -4.09. The van der Waals surface area contributed by atoms with Crippen molar-refractivity contribution >= 4 is 39.3 Å². The second-order valence-electron chi connectivity index (χ2n) is 10.0. The summed E-state index contributed by atoms with van der Waals surface area (Å²) < 4.78 is 29.0. The van der Waals surface area contributed by atoms with E-state index in [1.165, 1.54) is 16.7 Å². The number of nitrogens with zero attached hydrogens (tertiary/aromatic N) is 2. The molecule has 0 bridgehead atoms. The minimum absolute atomic E-state index is 0.0556. The third kappa shape index (κ3) is 7.88. The molecule has 1 N–H and O–H groups in total. The van der Waals surface area contributed by atoms with Crippen LogP contribution in [0.5, 0.6) is 0 Å². The van der Waals surface area contributed by atoms with Crippen molar-refractivity contribution in [3.8, 4) is 0 Å². The van der Waals surface area contributed by atoms with Gasteiger partial charge in [-0.05, 0) is 82.3 Å². The summed E-state index contributed by atoms with van der Waals surface area (Å²) in [6.07, 6.45) is 2.67. The Hall–Kier alpha value is -3.30. The fourth-order valence-electron chi connectivity index (χ4n) is 4.05. The van der Waals surface area contributed by atoms with Gasteiger partial charge in [-0.25, -0.2) is 8.42 Å². The zero-order valence-electron chi connectivity index (χ0n) is 24.0. The van der Waals surface area contributed by atoms with Gasteiger partial charge in [0, 0.05) is 17.5 Å². The lowest BCUT2D eigenvalue weighted by Crippen LogP contribution is -2.52. The second-order valence-corrected chi connectivity index (χ2v) is 12.8. The van der Waals surface area contributed by atoms with Crippen LogP contribution in [0.4, 0.5) is 5.69 Å². The first-order valence-electron chi connectivity index (χ1n) is 13.3. The van der Waals surface area contributed by atoms with Crippen LogP contribution < -0.4 is 9.62 Å². The molecule has 3 aromatic carbocycles. The first-order valence-corrected chi connectivity index (χ1v) is 16.0. The molecule has 0 spiro atoms. The van der Waals surface area contributed by atoms with Crippen molar-refractivity contribution in [1.29, 1.82) is 0 Å². The number of sulfonamides is 1. The number of hydrogen-bond donors (Lipinski definition) is 1. The smallest absolute Gasteiger partial charge is 0.264 e. The highest BCUT2D eigenvalue weighted by Crippen LogP contribution is 2.26. The summed E-state index contributed by atoms with van der Waals surface area (Å²) in [6.45, 7) is 9.16. The highest BCUT2D eigenvalue weighted by Gasteiger charge is 2.32. The van der Waals surface area contributed by atoms with E-state index in [0.29, 0.717) is 5.69 Å². The predicted molar refractivity (Wildman–Crippen MR) is 163 cm³/mol. The number of benzene rings is 3. The maximum atomic E-state index is 14.0. The minimum atomic E-state index is -4.09. The molecule has 0 fully saturated rings. The number of aryl methyl sites for hydroxylation is 2. The van der Waals surface area contributed by atoms with E-state index in [4.69, 9.17) is 0 Å². The monoisotopic (exact) mass is 581 g/mol. The van der Waals surface area contributed by atoms with Crippen LogP contribution >= 0.6 is 11.8 Å². The van der Waals surface area contributed by atoms with Crippen molar-refractivity contribution in [2.24, 2.45) is 0 Å². The van der Waals surface area contributed by atoms with Gasteiger partial charge in [-0.15, -0.1) is 11.8 Å². The molecular weight excluding hydrogens is 542 g/mol. The Morgan fingerprint density at radius 1 is 0.875 bits per heavy atom. The topological polar surface area (TPSA) is 86.8 Å². The molecule has 40 heavy (non-hydrogen) atoms. The summed E-state index contributed by atoms with van der Waals surface area (Å²) in [5, 5.41) is 2.95. The quantitative estimate of drug-likeness (QED) is 0.283. The van der Waals surface area contributed by atoms with Gasteiger partial charge in [-0.1, -0.05) is 54.4 Å². The fourth-order valence-corrected chi connectivity index (χ4v) is 5.88. The number of nitrogens with one attached hydrogen (secondary N) is 1. The molecule has 2 atom stereocenters. The molecule has 2 amide bonds. The summed E-state index contributed by atoms with van der Waals surface area (Å²) in [6, 6.07) is 20.5. The predicted octanol–water partition coefficient (Wildman–Crippen LogP) is 5.55. The third-order valence-electron chi connectivity index (χ3n) is 6.89. The average Bonchev–Trinajstić information content (AvgIpc) is 2.95. The van der Waals surface area contributed by atoms with Crippen molar-refractivity contribution < 1.29 is 18.0 Å². The van der Waals surface area contributed by atoms with Crippen LogP contribution in [0.25, 0.3) is 0 Å². The molecule has 0 unspecified atom stereocenters. The average molecular weight is 582 g/mol. The van der Waals surface area contributed by atoms with Crippen LogP contribution in [-0.2, 0) is 26.2 Å². The maximum absolute atomic E-state index is 14.0. The Balaban J connectivity index is 2.01. The van der Waals surface area contributed by atoms with Gasteiger partial charge in [0.05, 0.1) is 10.6 Å². The number of anilines is 1. The van der Waals surface area contributed by atoms with E-state index in [1.54, 1.807) is 43.3 Å². The fraction of sp³-hybridized carbons (Fsp3) is 0.355. The number of carbonyl (C=O) groups excluding carboxylic acids is 2. The van der Waals surface area contributed by atoms with Crippen LogP contribution in [0.3, 0.4) is 0 Å². The molecular formula is C31H39N3O4S2. The zero-order valence-corrected chi connectivity index (χ0v) is 25.7. The Morgan fingerprint density at radius 3 is 1.95 bits per heavy atom. The molecule has 3 rings (SSSR count). The van der Waals surface area contributed by atoms with Crippen molar-refractivity contribution in [3.63, 3.8) is 0 Å². The molecule has 9 heteroatoms. The molecule has 214 valence electrons. The van der Waals surface area contributed by atoms with Gasteiger partial charge in [0.15, 0.2) is 0 Å². The van der Waals surface area contributed by atoms with Gasteiger partial charge < -0.3 is 10.2 Å². The molecule has 0 saturated carbocycles. The first-order chi connectivity index (χ1) is 19.0. The van der Waals surface area contributed by atoms with Crippen molar-refractivity contribution in [1.82, 2.24) is 10.2 Å². The number of amides is 2. The lowest BCUT2D eigenvalue weighted by molar-refractivity contribution is -0.139. The van der Waals surface area contributed by atoms with E-state index in [2.05, 4.69) is 5.32 Å². The van der Waals surface area contributed by atoms with E-state index in [1.807, 2.05) is 70.3 Å². The molecule has 0 aliphatic heterocycles. The van der Waals surface area contributed by atoms with Crippen LogP contribution in [0.2, 0.25) is 0 Å². The minimum Gasteiger partial charge on any atom is -0.352 e. The van der Waals surface area contributed by atoms with Crippen molar-refractivity contribution in [2.45, 2.75) is 69.5 Å². The van der Waals surface area contributed by atoms with E-state index >= 15 is 0 Å². The molecule has 0 heterocycles. The van der Waals surface area contributed by atoms with Gasteiger partial charge in [-0.2, -0.15) is 0 Å². The Bertz CT molecular complexity index is 1390. The molecule has 0 radical (unpaired) electrons. The normalized spacial score (nSPS) is 12.8. The van der Waals surface area contributed by atoms with E-state index < -0.39 is 28.5 Å². The van der Waals surface area contributed by atoms with Crippen molar-refractivity contribution in [2.75, 3.05) is 17.1 Å². The summed E-state index contributed by atoms with van der Waals surface area (Å²) in [5.74, 6) is -0.760. The molecule has 0 aliphatic carbocycles. The van der Waals surface area contributed by atoms with E-state index in [0.717, 1.165) is 32.3 Å². The molecule has 7 nitrogen and oxygen atoms in total. The van der Waals surface area contributed by atoms with Crippen LogP contribution in [0, 0.1) is 13.8 Å². The lowest BCUT2D eigenvalue weighted by atomic mass is 10.1. The van der Waals surface area contributed by atoms with E-state index in [9.17, 15) is 18.0 Å². The molecule has 0 aliphatic rings. The highest BCUT2D eigenvalue weighted by molar-refractivity contribution is 7.98. The Morgan fingerprint density at radius 2 is 1.43 bits per heavy atom. The Kier molecular flexibility index (Phi) is 10.8. The molecule has 0 saturated heterocycles. The maximum Gasteiger partial charge on any atom is 0.264 e. The van der Waals surface area contributed by atoms with Gasteiger partial charge in [0.1, 0.15) is 12.6 Å². The highest BCUT2D eigenvalue weighted by atomic mass is 32.2. The number of carbonyl (C=O) groups is 2. The van der Waals surface area contributed by atoms with Gasteiger partial charge in [-0.3, -0.25) is 13.9 Å². The number of rotatable bonds is 12. The molecule has 3 aromatic rings. The summed E-state index contributed by atoms with van der Waals surface area (Å²) in [5.41, 5.74) is 3.26. The third-order valence-corrected chi connectivity index (χ3v) is 9.42. The van der Waals surface area contributed by atoms with Crippen LogP contribution in [0.1, 0.15) is 43.9 Å². The zero-order chi connectivity index (χ0) is 29.4.